The zero-order valence-corrected chi connectivity index (χ0v) is 16.0. The van der Waals surface area contributed by atoms with E-state index in [1.807, 2.05) is 24.3 Å². The number of carbonyl (C=O) groups is 2. The normalized spacial score (nSPS) is 19.6. The fraction of sp³-hybridized carbons (Fsp3) is 0.524. The van der Waals surface area contributed by atoms with E-state index in [0.717, 1.165) is 36.8 Å². The largest absolute Gasteiger partial charge is 0.461 e. The molecule has 1 aromatic rings. The average Bonchev–Trinajstić information content (AvgIpc) is 3.24. The molecule has 3 N–H and O–H groups in total. The van der Waals surface area contributed by atoms with Crippen molar-refractivity contribution in [2.45, 2.75) is 56.7 Å². The van der Waals surface area contributed by atoms with Crippen molar-refractivity contribution in [3.05, 3.63) is 41.5 Å². The molecule has 0 atom stereocenters. The Morgan fingerprint density at radius 1 is 1.25 bits per heavy atom. The minimum Gasteiger partial charge on any atom is -0.461 e. The second kappa shape index (κ2) is 9.82. The topological polar surface area (TPSA) is 96.9 Å². The van der Waals surface area contributed by atoms with Gasteiger partial charge in [-0.3, -0.25) is 20.1 Å². The van der Waals surface area contributed by atoms with Crippen LogP contribution in [0.4, 0.5) is 0 Å². The molecule has 7 nitrogen and oxygen atoms in total. The van der Waals surface area contributed by atoms with Crippen LogP contribution in [0.3, 0.4) is 0 Å². The van der Waals surface area contributed by atoms with Gasteiger partial charge in [-0.15, -0.1) is 0 Å². The van der Waals surface area contributed by atoms with Gasteiger partial charge in [0.05, 0.1) is 0 Å². The van der Waals surface area contributed by atoms with E-state index >= 15 is 0 Å². The van der Waals surface area contributed by atoms with Gasteiger partial charge >= 0.3 is 5.97 Å². The lowest BCUT2D eigenvalue weighted by atomic mass is 9.89. The van der Waals surface area contributed by atoms with Crippen molar-refractivity contribution in [3.8, 4) is 0 Å². The van der Waals surface area contributed by atoms with Crippen molar-refractivity contribution in [2.75, 3.05) is 13.2 Å². The van der Waals surface area contributed by atoms with Crippen molar-refractivity contribution in [1.29, 1.82) is 0 Å². The van der Waals surface area contributed by atoms with Crippen LogP contribution in [0.1, 0.15) is 49.7 Å². The molecule has 0 spiro atoms. The lowest BCUT2D eigenvalue weighted by Crippen LogP contribution is -2.56. The van der Waals surface area contributed by atoms with Gasteiger partial charge in [0.1, 0.15) is 11.6 Å². The first-order valence-corrected chi connectivity index (χ1v) is 9.86. The van der Waals surface area contributed by atoms with Crippen LogP contribution in [0.5, 0.6) is 0 Å². The summed E-state index contributed by atoms with van der Waals surface area (Å²) in [6.45, 7) is 1.57. The quantitative estimate of drug-likeness (QED) is 0.287. The van der Waals surface area contributed by atoms with E-state index in [1.165, 1.54) is 6.08 Å². The van der Waals surface area contributed by atoms with Crippen LogP contribution in [-0.4, -0.2) is 41.9 Å². The van der Waals surface area contributed by atoms with Crippen LogP contribution in [0, 0.1) is 0 Å². The molecular formula is C21H28N2O5. The molecular weight excluding hydrogens is 360 g/mol. The first-order chi connectivity index (χ1) is 13.6. The predicted molar refractivity (Wildman–Crippen MR) is 103 cm³/mol. The highest BCUT2D eigenvalue weighted by molar-refractivity contribution is 5.90. The SMILES string of the molecule is O=C(C=Cc1cccc(CNC2(C(=O)OC3CCCC3)CCOCC2)c1)NO. The van der Waals surface area contributed by atoms with E-state index in [0.29, 0.717) is 32.6 Å². The number of nitrogens with one attached hydrogen (secondary N) is 2. The van der Waals surface area contributed by atoms with Gasteiger partial charge in [-0.1, -0.05) is 24.3 Å². The van der Waals surface area contributed by atoms with Gasteiger partial charge in [-0.05, 0) is 55.7 Å². The molecule has 3 rings (SSSR count). The molecule has 2 aliphatic rings. The third-order valence-electron chi connectivity index (χ3n) is 5.43. The third-order valence-corrected chi connectivity index (χ3v) is 5.43. The molecule has 0 radical (unpaired) electrons. The van der Waals surface area contributed by atoms with Crippen molar-refractivity contribution >= 4 is 18.0 Å². The van der Waals surface area contributed by atoms with E-state index in [-0.39, 0.29) is 12.1 Å². The molecule has 2 fully saturated rings. The molecule has 0 aromatic heterocycles. The summed E-state index contributed by atoms with van der Waals surface area (Å²) in [5, 5.41) is 12.0. The molecule has 1 amide bonds. The summed E-state index contributed by atoms with van der Waals surface area (Å²) in [5.74, 6) is -0.752. The monoisotopic (exact) mass is 388 g/mol. The van der Waals surface area contributed by atoms with Crippen LogP contribution in [0.2, 0.25) is 0 Å². The maximum atomic E-state index is 13.0. The number of amides is 1. The number of hydroxylamine groups is 1. The first kappa shape index (κ1) is 20.5. The second-order valence-electron chi connectivity index (χ2n) is 7.41. The number of benzene rings is 1. The molecule has 1 aliphatic carbocycles. The first-order valence-electron chi connectivity index (χ1n) is 9.86. The Kier molecular flexibility index (Phi) is 7.19. The molecule has 0 bridgehead atoms. The Bertz CT molecular complexity index is 707. The van der Waals surface area contributed by atoms with E-state index in [1.54, 1.807) is 11.6 Å². The van der Waals surface area contributed by atoms with Gasteiger partial charge in [0.2, 0.25) is 0 Å². The number of hydrogen-bond donors (Lipinski definition) is 3. The number of esters is 1. The summed E-state index contributed by atoms with van der Waals surface area (Å²) in [6.07, 6.45) is 8.25. The maximum Gasteiger partial charge on any atom is 0.326 e. The minimum absolute atomic E-state index is 0.0418. The summed E-state index contributed by atoms with van der Waals surface area (Å²) >= 11 is 0. The summed E-state index contributed by atoms with van der Waals surface area (Å²) in [7, 11) is 0. The lowest BCUT2D eigenvalue weighted by molar-refractivity contribution is -0.161. The number of hydrogen-bond acceptors (Lipinski definition) is 6. The van der Waals surface area contributed by atoms with E-state index < -0.39 is 11.4 Å². The number of rotatable bonds is 7. The molecule has 1 aromatic carbocycles. The highest BCUT2D eigenvalue weighted by atomic mass is 16.5. The van der Waals surface area contributed by atoms with Crippen LogP contribution < -0.4 is 10.8 Å². The third kappa shape index (κ3) is 5.41. The van der Waals surface area contributed by atoms with Crippen molar-refractivity contribution in [3.63, 3.8) is 0 Å². The summed E-state index contributed by atoms with van der Waals surface area (Å²) < 4.78 is 11.3. The Hall–Kier alpha value is -2.22. The van der Waals surface area contributed by atoms with Gasteiger partial charge in [-0.2, -0.15) is 0 Å². The van der Waals surface area contributed by atoms with Gasteiger partial charge in [0, 0.05) is 25.8 Å². The molecule has 1 saturated heterocycles. The fourth-order valence-corrected chi connectivity index (χ4v) is 3.73. The van der Waals surface area contributed by atoms with Gasteiger partial charge in [0.25, 0.3) is 5.91 Å². The Morgan fingerprint density at radius 2 is 2.00 bits per heavy atom. The van der Waals surface area contributed by atoms with Gasteiger partial charge in [-0.25, -0.2) is 5.48 Å². The average molecular weight is 388 g/mol. The molecule has 7 heteroatoms. The van der Waals surface area contributed by atoms with Crippen LogP contribution in [0.15, 0.2) is 30.3 Å². The van der Waals surface area contributed by atoms with Crippen LogP contribution in [-0.2, 0) is 25.6 Å². The molecule has 152 valence electrons. The summed E-state index contributed by atoms with van der Waals surface area (Å²) in [5.41, 5.74) is 2.67. The lowest BCUT2D eigenvalue weighted by Gasteiger charge is -2.36. The zero-order chi connectivity index (χ0) is 19.8. The highest BCUT2D eigenvalue weighted by Gasteiger charge is 2.42. The maximum absolute atomic E-state index is 13.0. The summed E-state index contributed by atoms with van der Waals surface area (Å²) in [6, 6.07) is 7.65. The molecule has 1 saturated carbocycles. The number of ether oxygens (including phenoxy) is 2. The Morgan fingerprint density at radius 3 is 2.71 bits per heavy atom. The second-order valence-corrected chi connectivity index (χ2v) is 7.41. The van der Waals surface area contributed by atoms with Crippen molar-refractivity contribution < 1.29 is 24.3 Å². The standard InChI is InChI=1S/C21H28N2O5/c24-19(23-26)9-8-16-4-3-5-17(14-16)15-22-21(10-12-27-13-11-21)20(25)28-18-6-1-2-7-18/h3-5,8-9,14,18,22,26H,1-2,6-7,10-13,15H2,(H,23,24). The molecule has 28 heavy (non-hydrogen) atoms. The number of carbonyl (C=O) groups excluding carboxylic acids is 2. The van der Waals surface area contributed by atoms with Gasteiger partial charge in [0.15, 0.2) is 0 Å². The smallest absolute Gasteiger partial charge is 0.326 e. The molecule has 1 aliphatic heterocycles. The fourth-order valence-electron chi connectivity index (χ4n) is 3.73. The predicted octanol–water partition coefficient (Wildman–Crippen LogP) is 2.33. The summed E-state index contributed by atoms with van der Waals surface area (Å²) in [4.78, 5) is 24.1. The van der Waals surface area contributed by atoms with Crippen LogP contribution >= 0.6 is 0 Å². The van der Waals surface area contributed by atoms with Crippen molar-refractivity contribution in [1.82, 2.24) is 10.8 Å². The van der Waals surface area contributed by atoms with Crippen molar-refractivity contribution in [2.24, 2.45) is 0 Å². The zero-order valence-electron chi connectivity index (χ0n) is 16.0. The van der Waals surface area contributed by atoms with E-state index in [4.69, 9.17) is 14.7 Å². The van der Waals surface area contributed by atoms with E-state index in [9.17, 15) is 9.59 Å². The van der Waals surface area contributed by atoms with Crippen LogP contribution in [0.25, 0.3) is 6.08 Å². The minimum atomic E-state index is -0.719. The highest BCUT2D eigenvalue weighted by Crippen LogP contribution is 2.27. The Labute approximate surface area is 165 Å². The molecule has 0 unspecified atom stereocenters. The van der Waals surface area contributed by atoms with Gasteiger partial charge < -0.3 is 9.47 Å². The Balaban J connectivity index is 1.65. The molecule has 1 heterocycles. The van der Waals surface area contributed by atoms with E-state index in [2.05, 4.69) is 5.32 Å².